The molecule has 0 heterocycles. The van der Waals surface area contributed by atoms with E-state index in [1.807, 2.05) is 20.8 Å². The molecule has 0 amide bonds. The second-order valence-electron chi connectivity index (χ2n) is 12.7. The number of rotatable bonds is 6. The summed E-state index contributed by atoms with van der Waals surface area (Å²) in [6.07, 6.45) is 2.65. The minimum Gasteiger partial charge on any atom is -0.396 e. The van der Waals surface area contributed by atoms with Crippen molar-refractivity contribution < 1.29 is 35.4 Å². The lowest BCUT2D eigenvalue weighted by atomic mass is 9.45. The number of aliphatic hydroxyl groups is 6. The van der Waals surface area contributed by atoms with Crippen molar-refractivity contribution >= 4 is 5.78 Å². The van der Waals surface area contributed by atoms with Gasteiger partial charge in [-0.25, -0.2) is 0 Å². The summed E-state index contributed by atoms with van der Waals surface area (Å²) in [5, 5.41) is 64.7. The van der Waals surface area contributed by atoms with Crippen LogP contribution in [0.1, 0.15) is 79.1 Å². The molecule has 194 valence electrons. The first-order chi connectivity index (χ1) is 15.7. The SMILES string of the molecule is CC(CO)CC[C@@H](O)[C@](C)(O)[C@H]1CCC2(O)C3=CC(=O)[C@@H]4C[C@@H](O)[C@@H](O)C[C@]4(C)[C@H]3CC[C@]12C. The highest BCUT2D eigenvalue weighted by molar-refractivity contribution is 5.95. The molecule has 4 rings (SSSR count). The highest BCUT2D eigenvalue weighted by Gasteiger charge is 2.69. The third-order valence-electron chi connectivity index (χ3n) is 10.7. The van der Waals surface area contributed by atoms with E-state index in [1.165, 1.54) is 0 Å². The predicted molar refractivity (Wildman–Crippen MR) is 127 cm³/mol. The first-order valence-corrected chi connectivity index (χ1v) is 13.1. The van der Waals surface area contributed by atoms with Crippen molar-refractivity contribution in [3.8, 4) is 0 Å². The van der Waals surface area contributed by atoms with Crippen LogP contribution in [0, 0.1) is 34.5 Å². The van der Waals surface area contributed by atoms with Crippen LogP contribution < -0.4 is 0 Å². The van der Waals surface area contributed by atoms with Gasteiger partial charge in [-0.1, -0.05) is 20.8 Å². The average Bonchev–Trinajstić information content (AvgIpc) is 3.06. The van der Waals surface area contributed by atoms with E-state index in [4.69, 9.17) is 0 Å². The Morgan fingerprint density at radius 1 is 1.12 bits per heavy atom. The molecule has 0 radical (unpaired) electrons. The number of aliphatic hydroxyl groups excluding tert-OH is 4. The van der Waals surface area contributed by atoms with E-state index in [0.29, 0.717) is 38.5 Å². The summed E-state index contributed by atoms with van der Waals surface area (Å²) in [5.74, 6) is -0.859. The summed E-state index contributed by atoms with van der Waals surface area (Å²) < 4.78 is 0. The summed E-state index contributed by atoms with van der Waals surface area (Å²) in [5.41, 5.74) is -3.21. The summed E-state index contributed by atoms with van der Waals surface area (Å²) in [7, 11) is 0. The van der Waals surface area contributed by atoms with E-state index < -0.39 is 40.3 Å². The largest absolute Gasteiger partial charge is 0.396 e. The Hall–Kier alpha value is -0.830. The van der Waals surface area contributed by atoms with Gasteiger partial charge < -0.3 is 30.6 Å². The van der Waals surface area contributed by atoms with Crippen LogP contribution in [-0.2, 0) is 4.79 Å². The molecule has 0 spiro atoms. The fourth-order valence-electron chi connectivity index (χ4n) is 8.37. The highest BCUT2D eigenvalue weighted by Crippen LogP contribution is 2.68. The maximum absolute atomic E-state index is 13.3. The smallest absolute Gasteiger partial charge is 0.159 e. The van der Waals surface area contributed by atoms with Crippen LogP contribution >= 0.6 is 0 Å². The van der Waals surface area contributed by atoms with E-state index in [-0.39, 0.29) is 42.5 Å². The lowest BCUT2D eigenvalue weighted by Crippen LogP contribution is -2.62. The van der Waals surface area contributed by atoms with Crippen molar-refractivity contribution in [3.63, 3.8) is 0 Å². The van der Waals surface area contributed by atoms with E-state index in [9.17, 15) is 35.4 Å². The summed E-state index contributed by atoms with van der Waals surface area (Å²) >= 11 is 0. The summed E-state index contributed by atoms with van der Waals surface area (Å²) in [6.45, 7) is 7.59. The summed E-state index contributed by atoms with van der Waals surface area (Å²) in [6, 6.07) is 0. The first-order valence-electron chi connectivity index (χ1n) is 13.1. The number of carbonyl (C=O) groups excluding carboxylic acids is 1. The standard InChI is InChI=1S/C27H44O7/c1-15(14-28)5-6-23(32)26(4,33)22-8-10-27(34)17-11-19(29)18-12-20(30)21(31)13-24(18,2)16(17)7-9-25(22,27)3/h11,15-16,18,20-23,28,30-34H,5-10,12-14H2,1-4H3/t15?,16-,18-,20+,21-,22-,23+,24+,25+,26+,27?/m0/s1. The lowest BCUT2D eigenvalue weighted by molar-refractivity contribution is -0.176. The van der Waals surface area contributed by atoms with Crippen molar-refractivity contribution in [1.82, 2.24) is 0 Å². The molecule has 3 fully saturated rings. The Morgan fingerprint density at radius 3 is 2.44 bits per heavy atom. The number of hydrogen-bond donors (Lipinski definition) is 6. The van der Waals surface area contributed by atoms with Crippen molar-refractivity contribution in [2.24, 2.45) is 34.5 Å². The fraction of sp³-hybridized carbons (Fsp3) is 0.889. The fourth-order valence-corrected chi connectivity index (χ4v) is 8.37. The minimum atomic E-state index is -1.42. The van der Waals surface area contributed by atoms with Crippen molar-refractivity contribution in [1.29, 1.82) is 0 Å². The molecular formula is C27H44O7. The molecule has 0 aromatic heterocycles. The third-order valence-corrected chi connectivity index (χ3v) is 10.7. The van der Waals surface area contributed by atoms with Crippen LogP contribution in [-0.4, -0.2) is 72.5 Å². The second-order valence-corrected chi connectivity index (χ2v) is 12.7. The van der Waals surface area contributed by atoms with Crippen molar-refractivity contribution in [2.75, 3.05) is 6.61 Å². The maximum Gasteiger partial charge on any atom is 0.159 e. The Kier molecular flexibility index (Phi) is 6.66. The Morgan fingerprint density at radius 2 is 1.79 bits per heavy atom. The molecule has 7 heteroatoms. The molecule has 34 heavy (non-hydrogen) atoms. The van der Waals surface area contributed by atoms with Gasteiger partial charge in [0, 0.05) is 17.9 Å². The maximum atomic E-state index is 13.3. The van der Waals surface area contributed by atoms with Gasteiger partial charge in [0.15, 0.2) is 5.78 Å². The molecular weight excluding hydrogens is 436 g/mol. The van der Waals surface area contributed by atoms with Crippen LogP contribution in [0.2, 0.25) is 0 Å². The molecule has 6 N–H and O–H groups in total. The van der Waals surface area contributed by atoms with Crippen LogP contribution in [0.15, 0.2) is 11.6 Å². The molecule has 0 aliphatic heterocycles. The lowest BCUT2D eigenvalue weighted by Gasteiger charge is -2.60. The minimum absolute atomic E-state index is 0.0326. The zero-order chi connectivity index (χ0) is 25.3. The second kappa shape index (κ2) is 8.63. The molecule has 4 aliphatic carbocycles. The predicted octanol–water partition coefficient (Wildman–Crippen LogP) is 1.71. The van der Waals surface area contributed by atoms with E-state index >= 15 is 0 Å². The quantitative estimate of drug-likeness (QED) is 0.340. The number of ketones is 1. The van der Waals surface area contributed by atoms with Gasteiger partial charge in [0.25, 0.3) is 0 Å². The zero-order valence-electron chi connectivity index (χ0n) is 21.1. The topological polar surface area (TPSA) is 138 Å². The van der Waals surface area contributed by atoms with Gasteiger partial charge in [0.1, 0.15) is 0 Å². The zero-order valence-corrected chi connectivity index (χ0v) is 21.1. The van der Waals surface area contributed by atoms with Gasteiger partial charge in [0.05, 0.1) is 29.5 Å². The van der Waals surface area contributed by atoms with Crippen LogP contribution in [0.4, 0.5) is 0 Å². The number of carbonyl (C=O) groups is 1. The van der Waals surface area contributed by atoms with Gasteiger partial charge in [-0.3, -0.25) is 4.79 Å². The average molecular weight is 481 g/mol. The first kappa shape index (κ1) is 26.2. The normalized spacial score (nSPS) is 47.6. The van der Waals surface area contributed by atoms with Gasteiger partial charge in [0.2, 0.25) is 0 Å². The molecule has 0 aromatic rings. The molecule has 7 nitrogen and oxygen atoms in total. The summed E-state index contributed by atoms with van der Waals surface area (Å²) in [4.78, 5) is 13.3. The van der Waals surface area contributed by atoms with Crippen molar-refractivity contribution in [3.05, 3.63) is 11.6 Å². The molecule has 11 atom stereocenters. The molecule has 0 saturated heterocycles. The molecule has 0 aromatic carbocycles. The van der Waals surface area contributed by atoms with Crippen LogP contribution in [0.25, 0.3) is 0 Å². The van der Waals surface area contributed by atoms with E-state index in [1.54, 1.807) is 13.0 Å². The Bertz CT molecular complexity index is 839. The van der Waals surface area contributed by atoms with Crippen LogP contribution in [0.3, 0.4) is 0 Å². The van der Waals surface area contributed by atoms with Crippen LogP contribution in [0.5, 0.6) is 0 Å². The highest BCUT2D eigenvalue weighted by atomic mass is 16.3. The van der Waals surface area contributed by atoms with Gasteiger partial charge >= 0.3 is 0 Å². The number of fused-ring (bicyclic) bond motifs is 5. The third kappa shape index (κ3) is 3.65. The molecule has 0 bridgehead atoms. The van der Waals surface area contributed by atoms with E-state index in [0.717, 1.165) is 12.0 Å². The number of allylic oxidation sites excluding steroid dienone is 1. The van der Waals surface area contributed by atoms with Gasteiger partial charge in [-0.05, 0) is 93.1 Å². The Labute approximate surface area is 202 Å². The van der Waals surface area contributed by atoms with Gasteiger partial charge in [-0.2, -0.15) is 0 Å². The molecule has 3 saturated carbocycles. The molecule has 2 unspecified atom stereocenters. The monoisotopic (exact) mass is 480 g/mol. The van der Waals surface area contributed by atoms with Crippen molar-refractivity contribution in [2.45, 2.75) is 109 Å². The van der Waals surface area contributed by atoms with Gasteiger partial charge in [-0.15, -0.1) is 0 Å². The van der Waals surface area contributed by atoms with E-state index in [2.05, 4.69) is 0 Å². The number of hydrogen-bond acceptors (Lipinski definition) is 7. The Balaban J connectivity index is 1.65. The molecule has 4 aliphatic rings.